The largest absolute Gasteiger partial charge is 0.393 e. The fourth-order valence-electron chi connectivity index (χ4n) is 5.06. The molecule has 2 aliphatic rings. The molecule has 2 aliphatic carbocycles. The normalized spacial score (nSPS) is 34.2. The third kappa shape index (κ3) is 5.50. The van der Waals surface area contributed by atoms with E-state index in [0.717, 1.165) is 18.4 Å². The van der Waals surface area contributed by atoms with Gasteiger partial charge in [-0.3, -0.25) is 0 Å². The minimum Gasteiger partial charge on any atom is -0.393 e. The van der Waals surface area contributed by atoms with Crippen molar-refractivity contribution in [2.75, 3.05) is 0 Å². The highest BCUT2D eigenvalue weighted by Crippen LogP contribution is 2.60. The number of hydrogen-bond donors (Lipinski definition) is 3. The summed E-state index contributed by atoms with van der Waals surface area (Å²) in [5.74, 6) is 7.11. The van der Waals surface area contributed by atoms with Gasteiger partial charge in [-0.05, 0) is 68.6 Å². The van der Waals surface area contributed by atoms with Crippen molar-refractivity contribution < 1.29 is 15.3 Å². The Morgan fingerprint density at radius 3 is 2.36 bits per heavy atom. The summed E-state index contributed by atoms with van der Waals surface area (Å²) in [5.41, 5.74) is 0.561. The minimum absolute atomic E-state index is 0.156. The molecule has 0 aromatic rings. The van der Waals surface area contributed by atoms with Gasteiger partial charge in [0.2, 0.25) is 0 Å². The molecule has 3 N–H and O–H groups in total. The van der Waals surface area contributed by atoms with Gasteiger partial charge in [-0.2, -0.15) is 0 Å². The molecule has 0 radical (unpaired) electrons. The molecule has 0 aliphatic heterocycles. The second kappa shape index (κ2) is 8.74. The number of aliphatic hydroxyl groups is 3. The Morgan fingerprint density at radius 2 is 1.79 bits per heavy atom. The molecule has 0 unspecified atom stereocenters. The van der Waals surface area contributed by atoms with Gasteiger partial charge in [-0.1, -0.05) is 63.3 Å². The molecular formula is C25H40O3. The molecule has 2 saturated carbocycles. The zero-order valence-corrected chi connectivity index (χ0v) is 18.6. The van der Waals surface area contributed by atoms with Crippen molar-refractivity contribution in [2.45, 2.75) is 97.9 Å². The number of allylic oxidation sites excluding steroid dienone is 3. The van der Waals surface area contributed by atoms with E-state index < -0.39 is 17.8 Å². The highest BCUT2D eigenvalue weighted by atomic mass is 16.3. The first-order valence-corrected chi connectivity index (χ1v) is 10.8. The van der Waals surface area contributed by atoms with Crippen molar-refractivity contribution >= 4 is 0 Å². The summed E-state index contributed by atoms with van der Waals surface area (Å²) in [5, 5.41) is 29.5. The van der Waals surface area contributed by atoms with Crippen LogP contribution in [0.4, 0.5) is 0 Å². The lowest BCUT2D eigenvalue weighted by atomic mass is 9.59. The van der Waals surface area contributed by atoms with Crippen LogP contribution in [-0.4, -0.2) is 33.1 Å². The summed E-state index contributed by atoms with van der Waals surface area (Å²) in [6.45, 7) is 12.9. The lowest BCUT2D eigenvalue weighted by Gasteiger charge is -2.45. The van der Waals surface area contributed by atoms with Crippen molar-refractivity contribution in [1.82, 2.24) is 0 Å². The predicted molar refractivity (Wildman–Crippen MR) is 116 cm³/mol. The Labute approximate surface area is 171 Å². The summed E-state index contributed by atoms with van der Waals surface area (Å²) in [6, 6.07) is 0. The van der Waals surface area contributed by atoms with E-state index in [9.17, 15) is 15.3 Å². The fourth-order valence-corrected chi connectivity index (χ4v) is 5.06. The molecule has 2 fully saturated rings. The van der Waals surface area contributed by atoms with Crippen LogP contribution in [0.5, 0.6) is 0 Å². The SMILES string of the molecule is C[C@@H](CC#CC(C)(C)O)[C@@]1(C)CC[C@@H](/C=C/C=C2C[C@@H](O)C[C@H](O)C2)C1(C)C. The van der Waals surface area contributed by atoms with E-state index in [1.807, 2.05) is 0 Å². The molecule has 28 heavy (non-hydrogen) atoms. The van der Waals surface area contributed by atoms with Crippen LogP contribution in [-0.2, 0) is 0 Å². The number of hydrogen-bond acceptors (Lipinski definition) is 3. The van der Waals surface area contributed by atoms with Crippen molar-refractivity contribution in [3.63, 3.8) is 0 Å². The van der Waals surface area contributed by atoms with Crippen LogP contribution in [0.3, 0.4) is 0 Å². The van der Waals surface area contributed by atoms with Crippen LogP contribution in [0.1, 0.15) is 80.1 Å². The maximum atomic E-state index is 9.84. The van der Waals surface area contributed by atoms with Crippen molar-refractivity contribution in [1.29, 1.82) is 0 Å². The van der Waals surface area contributed by atoms with Crippen LogP contribution in [0, 0.1) is 34.5 Å². The molecule has 5 atom stereocenters. The molecule has 0 bridgehead atoms. The summed E-state index contributed by atoms with van der Waals surface area (Å²) in [4.78, 5) is 0. The zero-order valence-electron chi connectivity index (χ0n) is 18.6. The van der Waals surface area contributed by atoms with E-state index >= 15 is 0 Å². The first-order valence-electron chi connectivity index (χ1n) is 10.8. The van der Waals surface area contributed by atoms with Gasteiger partial charge in [-0.15, -0.1) is 0 Å². The van der Waals surface area contributed by atoms with E-state index in [4.69, 9.17) is 0 Å². The van der Waals surface area contributed by atoms with Crippen LogP contribution < -0.4 is 0 Å². The lowest BCUT2D eigenvalue weighted by Crippen LogP contribution is -2.38. The molecule has 3 nitrogen and oxygen atoms in total. The van der Waals surface area contributed by atoms with Crippen LogP contribution in [0.15, 0.2) is 23.8 Å². The standard InChI is InChI=1S/C25H40O3/c1-18(9-8-13-23(2,3)28)25(6)14-12-20(24(25,4)5)11-7-10-19-15-21(26)17-22(27)16-19/h7,10-11,18,20-22,26-28H,9,12,14-17H2,1-6H3/b11-7+/t18-,20+,21+,22+,25+/m0/s1. The van der Waals surface area contributed by atoms with E-state index in [2.05, 4.69) is 57.8 Å². The summed E-state index contributed by atoms with van der Waals surface area (Å²) < 4.78 is 0. The van der Waals surface area contributed by atoms with Gasteiger partial charge in [0.05, 0.1) is 12.2 Å². The first-order chi connectivity index (χ1) is 12.8. The Bertz CT molecular complexity index is 644. The second-order valence-corrected chi connectivity index (χ2v) is 10.4. The van der Waals surface area contributed by atoms with Gasteiger partial charge in [0.25, 0.3) is 0 Å². The molecule has 3 heteroatoms. The predicted octanol–water partition coefficient (Wildman–Crippen LogP) is 4.62. The van der Waals surface area contributed by atoms with Gasteiger partial charge in [0, 0.05) is 6.42 Å². The van der Waals surface area contributed by atoms with Crippen molar-refractivity contribution in [3.05, 3.63) is 23.8 Å². The topological polar surface area (TPSA) is 60.7 Å². The van der Waals surface area contributed by atoms with Gasteiger partial charge in [-0.25, -0.2) is 0 Å². The quantitative estimate of drug-likeness (QED) is 0.616. The van der Waals surface area contributed by atoms with E-state index in [1.54, 1.807) is 13.8 Å². The van der Waals surface area contributed by atoms with E-state index in [-0.39, 0.29) is 10.8 Å². The van der Waals surface area contributed by atoms with Gasteiger partial charge in [0.15, 0.2) is 0 Å². The monoisotopic (exact) mass is 388 g/mol. The maximum Gasteiger partial charge on any atom is 0.119 e. The molecular weight excluding hydrogens is 348 g/mol. The Morgan fingerprint density at radius 1 is 1.18 bits per heavy atom. The Balaban J connectivity index is 2.05. The Hall–Kier alpha value is -1.08. The third-order valence-electron chi connectivity index (χ3n) is 7.48. The van der Waals surface area contributed by atoms with Crippen LogP contribution in [0.25, 0.3) is 0 Å². The second-order valence-electron chi connectivity index (χ2n) is 10.4. The molecule has 0 spiro atoms. The van der Waals surface area contributed by atoms with Crippen LogP contribution in [0.2, 0.25) is 0 Å². The first kappa shape index (κ1) is 23.2. The average molecular weight is 389 g/mol. The summed E-state index contributed by atoms with van der Waals surface area (Å²) in [6.07, 6.45) is 10.7. The third-order valence-corrected chi connectivity index (χ3v) is 7.48. The molecule has 0 saturated heterocycles. The molecule has 158 valence electrons. The average Bonchev–Trinajstić information content (AvgIpc) is 2.77. The van der Waals surface area contributed by atoms with Crippen molar-refractivity contribution in [3.8, 4) is 11.8 Å². The minimum atomic E-state index is -0.926. The lowest BCUT2D eigenvalue weighted by molar-refractivity contribution is 0.0477. The fraction of sp³-hybridized carbons (Fsp3) is 0.760. The molecule has 0 aromatic heterocycles. The summed E-state index contributed by atoms with van der Waals surface area (Å²) >= 11 is 0. The smallest absolute Gasteiger partial charge is 0.119 e. The van der Waals surface area contributed by atoms with Gasteiger partial charge >= 0.3 is 0 Å². The van der Waals surface area contributed by atoms with Gasteiger partial charge in [0.1, 0.15) is 5.60 Å². The Kier molecular flexibility index (Phi) is 7.24. The van der Waals surface area contributed by atoms with E-state index in [1.165, 1.54) is 6.42 Å². The maximum absolute atomic E-state index is 9.84. The highest BCUT2D eigenvalue weighted by molar-refractivity contribution is 5.19. The zero-order chi connectivity index (χ0) is 21.2. The highest BCUT2D eigenvalue weighted by Gasteiger charge is 2.52. The van der Waals surface area contributed by atoms with E-state index in [0.29, 0.717) is 31.1 Å². The molecule has 2 rings (SSSR count). The van der Waals surface area contributed by atoms with Crippen LogP contribution >= 0.6 is 0 Å². The van der Waals surface area contributed by atoms with Crippen molar-refractivity contribution in [2.24, 2.45) is 22.7 Å². The number of aliphatic hydroxyl groups excluding tert-OH is 2. The number of rotatable bonds is 4. The summed E-state index contributed by atoms with van der Waals surface area (Å²) in [7, 11) is 0. The van der Waals surface area contributed by atoms with Gasteiger partial charge < -0.3 is 15.3 Å². The molecule has 0 amide bonds. The molecule has 0 aromatic carbocycles. The molecule has 0 heterocycles.